The summed E-state index contributed by atoms with van der Waals surface area (Å²) in [4.78, 5) is 0. The normalized spacial score (nSPS) is 10.2. The second-order valence-corrected chi connectivity index (χ2v) is 2.66. The zero-order chi connectivity index (χ0) is 8.27. The first-order valence-electron chi connectivity index (χ1n) is 2.94. The Bertz CT molecular complexity index is 226. The van der Waals surface area contributed by atoms with Crippen LogP contribution in [0.15, 0.2) is 11.4 Å². The van der Waals surface area contributed by atoms with Crippen molar-refractivity contribution in [2.45, 2.75) is 6.61 Å². The van der Waals surface area contributed by atoms with Crippen molar-refractivity contribution in [2.75, 3.05) is 12.4 Å². The highest BCUT2D eigenvalue weighted by molar-refractivity contribution is 7.14. The first-order valence-corrected chi connectivity index (χ1v) is 3.82. The third-order valence-corrected chi connectivity index (χ3v) is 1.99. The second-order valence-electron chi connectivity index (χ2n) is 1.74. The molecule has 0 aromatic carbocycles. The molecule has 11 heavy (non-hydrogen) atoms. The SMILES string of the molecule is CNc1sccc1OC(F)F. The summed E-state index contributed by atoms with van der Waals surface area (Å²) in [5.74, 6) is 0.201. The molecule has 62 valence electrons. The van der Waals surface area contributed by atoms with E-state index in [9.17, 15) is 8.78 Å². The number of anilines is 1. The maximum Gasteiger partial charge on any atom is 0.387 e. The number of thiophene rings is 1. The van der Waals surface area contributed by atoms with Gasteiger partial charge in [0.1, 0.15) is 5.00 Å². The standard InChI is InChI=1S/C6H7F2NOS/c1-9-5-4(2-3-11-5)10-6(7)8/h2-3,6,9H,1H3. The van der Waals surface area contributed by atoms with Gasteiger partial charge in [0.2, 0.25) is 0 Å². The van der Waals surface area contributed by atoms with Crippen LogP contribution in [0, 0.1) is 0 Å². The van der Waals surface area contributed by atoms with Crippen molar-refractivity contribution in [3.63, 3.8) is 0 Å². The molecule has 0 aliphatic rings. The van der Waals surface area contributed by atoms with Gasteiger partial charge in [0, 0.05) is 7.05 Å². The highest BCUT2D eigenvalue weighted by Crippen LogP contribution is 2.31. The van der Waals surface area contributed by atoms with Gasteiger partial charge in [-0.05, 0) is 11.4 Å². The summed E-state index contributed by atoms with van der Waals surface area (Å²) in [5, 5.41) is 5.04. The second kappa shape index (κ2) is 3.52. The summed E-state index contributed by atoms with van der Waals surface area (Å²) in [7, 11) is 1.66. The lowest BCUT2D eigenvalue weighted by atomic mass is 10.5. The Balaban J connectivity index is 2.68. The summed E-state index contributed by atoms with van der Waals surface area (Å²) < 4.78 is 27.5. The van der Waals surface area contributed by atoms with Crippen molar-refractivity contribution in [1.82, 2.24) is 0 Å². The van der Waals surface area contributed by atoms with Gasteiger partial charge in [-0.15, -0.1) is 11.3 Å². The van der Waals surface area contributed by atoms with Gasteiger partial charge in [-0.3, -0.25) is 0 Å². The molecular formula is C6H7F2NOS. The highest BCUT2D eigenvalue weighted by Gasteiger charge is 2.08. The Labute approximate surface area is 66.8 Å². The van der Waals surface area contributed by atoms with Crippen molar-refractivity contribution in [3.8, 4) is 5.75 Å². The van der Waals surface area contributed by atoms with E-state index < -0.39 is 6.61 Å². The summed E-state index contributed by atoms with van der Waals surface area (Å²) in [6, 6.07) is 1.50. The molecule has 0 saturated heterocycles. The molecule has 1 N–H and O–H groups in total. The molecule has 1 aromatic rings. The molecule has 0 aliphatic carbocycles. The minimum atomic E-state index is -2.75. The van der Waals surface area contributed by atoms with Gasteiger partial charge in [0.25, 0.3) is 0 Å². The van der Waals surface area contributed by atoms with Crippen LogP contribution < -0.4 is 10.1 Å². The Morgan fingerprint density at radius 3 is 2.91 bits per heavy atom. The van der Waals surface area contributed by atoms with Gasteiger partial charge in [0.15, 0.2) is 5.75 Å². The van der Waals surface area contributed by atoms with Crippen LogP contribution in [0.1, 0.15) is 0 Å². The van der Waals surface area contributed by atoms with Crippen molar-refractivity contribution in [3.05, 3.63) is 11.4 Å². The Hall–Kier alpha value is -0.840. The molecule has 5 heteroatoms. The van der Waals surface area contributed by atoms with E-state index in [-0.39, 0.29) is 5.75 Å². The van der Waals surface area contributed by atoms with E-state index in [4.69, 9.17) is 0 Å². The molecule has 2 nitrogen and oxygen atoms in total. The van der Waals surface area contributed by atoms with E-state index >= 15 is 0 Å². The van der Waals surface area contributed by atoms with E-state index in [0.29, 0.717) is 5.00 Å². The molecule has 0 amide bonds. The van der Waals surface area contributed by atoms with E-state index in [0.717, 1.165) is 0 Å². The Morgan fingerprint density at radius 1 is 1.64 bits per heavy atom. The lowest BCUT2D eigenvalue weighted by molar-refractivity contribution is -0.0491. The zero-order valence-electron chi connectivity index (χ0n) is 5.80. The fourth-order valence-corrected chi connectivity index (χ4v) is 1.35. The van der Waals surface area contributed by atoms with Crippen LogP contribution in [0.25, 0.3) is 0 Å². The summed E-state index contributed by atoms with van der Waals surface area (Å²) in [6.07, 6.45) is 0. The maximum atomic E-state index is 11.7. The number of hydrogen-bond donors (Lipinski definition) is 1. The predicted molar refractivity (Wildman–Crippen MR) is 40.5 cm³/mol. The fourth-order valence-electron chi connectivity index (χ4n) is 0.669. The van der Waals surface area contributed by atoms with Crippen LogP contribution >= 0.6 is 11.3 Å². The van der Waals surface area contributed by atoms with Crippen LogP contribution in [0.4, 0.5) is 13.8 Å². The quantitative estimate of drug-likeness (QED) is 0.769. The van der Waals surface area contributed by atoms with Crippen LogP contribution in [-0.4, -0.2) is 13.7 Å². The molecule has 0 fully saturated rings. The predicted octanol–water partition coefficient (Wildman–Crippen LogP) is 2.39. The minimum Gasteiger partial charge on any atom is -0.432 e. The molecule has 0 atom stereocenters. The average Bonchev–Trinajstić information content (AvgIpc) is 2.34. The smallest absolute Gasteiger partial charge is 0.387 e. The topological polar surface area (TPSA) is 21.3 Å². The van der Waals surface area contributed by atoms with E-state index in [1.54, 1.807) is 12.4 Å². The number of alkyl halides is 2. The molecule has 1 heterocycles. The summed E-state index contributed by atoms with van der Waals surface area (Å²) in [5.41, 5.74) is 0. The van der Waals surface area contributed by atoms with Gasteiger partial charge < -0.3 is 10.1 Å². The van der Waals surface area contributed by atoms with Crippen LogP contribution in [-0.2, 0) is 0 Å². The van der Waals surface area contributed by atoms with Crippen molar-refractivity contribution >= 4 is 16.3 Å². The van der Waals surface area contributed by atoms with Gasteiger partial charge in [0.05, 0.1) is 0 Å². The third-order valence-electron chi connectivity index (χ3n) is 1.07. The third kappa shape index (κ3) is 2.04. The van der Waals surface area contributed by atoms with Crippen molar-refractivity contribution < 1.29 is 13.5 Å². The number of ether oxygens (including phenoxy) is 1. The largest absolute Gasteiger partial charge is 0.432 e. The average molecular weight is 179 g/mol. The lowest BCUT2D eigenvalue weighted by Gasteiger charge is -2.03. The van der Waals surface area contributed by atoms with E-state index in [1.807, 2.05) is 0 Å². The molecular weight excluding hydrogens is 172 g/mol. The molecule has 0 bridgehead atoms. The van der Waals surface area contributed by atoms with Crippen LogP contribution in [0.3, 0.4) is 0 Å². The molecule has 0 radical (unpaired) electrons. The number of nitrogens with one attached hydrogen (secondary N) is 1. The monoisotopic (exact) mass is 179 g/mol. The van der Waals surface area contributed by atoms with Crippen molar-refractivity contribution in [2.24, 2.45) is 0 Å². The van der Waals surface area contributed by atoms with Gasteiger partial charge >= 0.3 is 6.61 Å². The Morgan fingerprint density at radius 2 is 2.36 bits per heavy atom. The molecule has 0 unspecified atom stereocenters. The number of hydrogen-bond acceptors (Lipinski definition) is 3. The Kier molecular flexibility index (Phi) is 2.64. The summed E-state index contributed by atoms with van der Waals surface area (Å²) >= 11 is 1.32. The number of halogens is 2. The van der Waals surface area contributed by atoms with Crippen molar-refractivity contribution in [1.29, 1.82) is 0 Å². The first kappa shape index (κ1) is 8.26. The van der Waals surface area contributed by atoms with E-state index in [1.165, 1.54) is 17.4 Å². The zero-order valence-corrected chi connectivity index (χ0v) is 6.62. The molecule has 1 aromatic heterocycles. The van der Waals surface area contributed by atoms with Gasteiger partial charge in [-0.2, -0.15) is 8.78 Å². The molecule has 0 spiro atoms. The summed E-state index contributed by atoms with van der Waals surface area (Å²) in [6.45, 7) is -2.75. The van der Waals surface area contributed by atoms with Gasteiger partial charge in [-0.25, -0.2) is 0 Å². The van der Waals surface area contributed by atoms with E-state index in [2.05, 4.69) is 10.1 Å². The first-order chi connectivity index (χ1) is 5.24. The van der Waals surface area contributed by atoms with Gasteiger partial charge in [-0.1, -0.05) is 0 Å². The fraction of sp³-hybridized carbons (Fsp3) is 0.333. The maximum absolute atomic E-state index is 11.7. The molecule has 0 saturated carbocycles. The number of rotatable bonds is 3. The highest BCUT2D eigenvalue weighted by atomic mass is 32.1. The van der Waals surface area contributed by atoms with Crippen LogP contribution in [0.5, 0.6) is 5.75 Å². The molecule has 0 aliphatic heterocycles. The molecule has 1 rings (SSSR count). The lowest BCUT2D eigenvalue weighted by Crippen LogP contribution is -2.02. The minimum absolute atomic E-state index is 0.201. The van der Waals surface area contributed by atoms with Crippen LogP contribution in [0.2, 0.25) is 0 Å².